The lowest BCUT2D eigenvalue weighted by Gasteiger charge is -2.36. The molecule has 0 aromatic heterocycles. The maximum atomic E-state index is 13.3. The fourth-order valence-corrected chi connectivity index (χ4v) is 3.85. The molecule has 5 heteroatoms. The van der Waals surface area contributed by atoms with Crippen LogP contribution in [0.4, 0.5) is 0 Å². The Labute approximate surface area is 159 Å². The molecule has 0 aliphatic carbocycles. The molecule has 2 atom stereocenters. The van der Waals surface area contributed by atoms with Gasteiger partial charge in [0.2, 0.25) is 0 Å². The Morgan fingerprint density at radius 1 is 1.15 bits per heavy atom. The summed E-state index contributed by atoms with van der Waals surface area (Å²) in [6, 6.07) is 17.1. The summed E-state index contributed by atoms with van der Waals surface area (Å²) >= 11 is 0. The minimum absolute atomic E-state index is 0.0858. The van der Waals surface area contributed by atoms with Crippen LogP contribution >= 0.6 is 0 Å². The van der Waals surface area contributed by atoms with Gasteiger partial charge in [0.25, 0.3) is 5.91 Å². The molecule has 0 spiro atoms. The molecule has 4 rings (SSSR count). The Kier molecular flexibility index (Phi) is 4.48. The Bertz CT molecular complexity index is 859. The lowest BCUT2D eigenvalue weighted by Crippen LogP contribution is -2.41. The Morgan fingerprint density at radius 3 is 2.52 bits per heavy atom. The number of carbonyl (C=O) groups excluding carboxylic acids is 1. The molecular weight excluding hydrogens is 340 g/mol. The molecule has 0 bridgehead atoms. The summed E-state index contributed by atoms with van der Waals surface area (Å²) in [6.45, 7) is 4.70. The Balaban J connectivity index is 1.71. The van der Waals surface area contributed by atoms with Crippen molar-refractivity contribution < 1.29 is 14.3 Å². The highest BCUT2D eigenvalue weighted by Crippen LogP contribution is 2.42. The van der Waals surface area contributed by atoms with E-state index in [9.17, 15) is 4.79 Å². The van der Waals surface area contributed by atoms with Crippen molar-refractivity contribution in [3.8, 4) is 5.75 Å². The van der Waals surface area contributed by atoms with E-state index in [0.717, 1.165) is 23.4 Å². The molecule has 140 valence electrons. The van der Waals surface area contributed by atoms with Crippen LogP contribution in [0.15, 0.2) is 59.7 Å². The molecule has 1 saturated heterocycles. The molecular formula is C22H24N2O3. The molecule has 5 nitrogen and oxygen atoms in total. The third-order valence-corrected chi connectivity index (χ3v) is 5.26. The van der Waals surface area contributed by atoms with Gasteiger partial charge in [-0.2, -0.15) is 5.10 Å². The van der Waals surface area contributed by atoms with E-state index in [-0.39, 0.29) is 23.5 Å². The third kappa shape index (κ3) is 3.35. The summed E-state index contributed by atoms with van der Waals surface area (Å²) in [5, 5.41) is 6.41. The van der Waals surface area contributed by atoms with E-state index in [4.69, 9.17) is 14.6 Å². The molecule has 2 heterocycles. The molecule has 2 aliphatic rings. The fourth-order valence-electron chi connectivity index (χ4n) is 3.85. The van der Waals surface area contributed by atoms with Gasteiger partial charge < -0.3 is 9.47 Å². The van der Waals surface area contributed by atoms with Gasteiger partial charge in [0.1, 0.15) is 5.75 Å². The van der Waals surface area contributed by atoms with E-state index < -0.39 is 0 Å². The number of ether oxygens (including phenoxy) is 2. The maximum absolute atomic E-state index is 13.3. The molecule has 27 heavy (non-hydrogen) atoms. The zero-order valence-electron chi connectivity index (χ0n) is 15.9. The van der Waals surface area contributed by atoms with Crippen LogP contribution in [0.2, 0.25) is 0 Å². The van der Waals surface area contributed by atoms with E-state index in [1.807, 2.05) is 18.2 Å². The number of hydrogen-bond donors (Lipinski definition) is 0. The minimum Gasteiger partial charge on any atom is -0.497 e. The van der Waals surface area contributed by atoms with Gasteiger partial charge in [0.15, 0.2) is 0 Å². The van der Waals surface area contributed by atoms with Gasteiger partial charge in [-0.05, 0) is 43.7 Å². The van der Waals surface area contributed by atoms with Crippen LogP contribution in [0, 0.1) is 5.92 Å². The zero-order valence-corrected chi connectivity index (χ0v) is 15.9. The van der Waals surface area contributed by atoms with Crippen LogP contribution in [0.3, 0.4) is 0 Å². The van der Waals surface area contributed by atoms with Gasteiger partial charge in [0.05, 0.1) is 25.4 Å². The van der Waals surface area contributed by atoms with Crippen molar-refractivity contribution in [3.63, 3.8) is 0 Å². The van der Waals surface area contributed by atoms with Crippen molar-refractivity contribution in [1.82, 2.24) is 5.01 Å². The van der Waals surface area contributed by atoms with Crippen LogP contribution in [0.5, 0.6) is 5.75 Å². The second kappa shape index (κ2) is 6.82. The highest BCUT2D eigenvalue weighted by Gasteiger charge is 2.46. The Hall–Kier alpha value is -2.66. The number of amides is 1. The SMILES string of the molecule is COc1ccc(C(=O)N2N=C3CC(C)(C)OC[C@H]3[C@@H]2c2ccccc2)cc1. The van der Waals surface area contributed by atoms with Crippen molar-refractivity contribution in [2.45, 2.75) is 31.9 Å². The highest BCUT2D eigenvalue weighted by molar-refractivity contribution is 5.99. The van der Waals surface area contributed by atoms with E-state index >= 15 is 0 Å². The lowest BCUT2D eigenvalue weighted by molar-refractivity contribution is -0.0424. The van der Waals surface area contributed by atoms with Crippen LogP contribution in [0.1, 0.15) is 42.2 Å². The number of hydrogen-bond acceptors (Lipinski definition) is 4. The number of nitrogens with zero attached hydrogens (tertiary/aromatic N) is 2. The van der Waals surface area contributed by atoms with Gasteiger partial charge in [-0.15, -0.1) is 0 Å². The number of fused-ring (bicyclic) bond motifs is 1. The first kappa shape index (κ1) is 17.7. The first-order chi connectivity index (χ1) is 13.0. The van der Waals surface area contributed by atoms with Gasteiger partial charge in [-0.25, -0.2) is 5.01 Å². The van der Waals surface area contributed by atoms with Crippen molar-refractivity contribution in [1.29, 1.82) is 0 Å². The van der Waals surface area contributed by atoms with Gasteiger partial charge in [0, 0.05) is 23.6 Å². The second-order valence-corrected chi connectivity index (χ2v) is 7.68. The van der Waals surface area contributed by atoms with Crippen molar-refractivity contribution in [3.05, 3.63) is 65.7 Å². The Morgan fingerprint density at radius 2 is 1.85 bits per heavy atom. The molecule has 2 aliphatic heterocycles. The summed E-state index contributed by atoms with van der Waals surface area (Å²) in [5.41, 5.74) is 2.46. The molecule has 2 aromatic carbocycles. The van der Waals surface area contributed by atoms with Crippen LogP contribution in [0.25, 0.3) is 0 Å². The summed E-state index contributed by atoms with van der Waals surface area (Å²) < 4.78 is 11.3. The highest BCUT2D eigenvalue weighted by atomic mass is 16.5. The second-order valence-electron chi connectivity index (χ2n) is 7.68. The molecule has 2 aromatic rings. The van der Waals surface area contributed by atoms with Crippen LogP contribution in [-0.4, -0.2) is 35.9 Å². The smallest absolute Gasteiger partial charge is 0.274 e. The first-order valence-corrected chi connectivity index (χ1v) is 9.22. The monoisotopic (exact) mass is 364 g/mol. The summed E-state index contributed by atoms with van der Waals surface area (Å²) in [4.78, 5) is 13.3. The standard InChI is InChI=1S/C22H24N2O3/c1-22(2)13-19-18(14-27-22)20(15-7-5-4-6-8-15)24(23-19)21(25)16-9-11-17(26-3)12-10-16/h4-12,18,20H,13-14H2,1-3H3/t18-,20+/m1/s1. The predicted molar refractivity (Wildman–Crippen MR) is 104 cm³/mol. The van der Waals surface area contributed by atoms with E-state index in [0.29, 0.717) is 12.2 Å². The molecule has 1 fully saturated rings. The fraction of sp³-hybridized carbons (Fsp3) is 0.364. The largest absolute Gasteiger partial charge is 0.497 e. The van der Waals surface area contributed by atoms with E-state index in [1.165, 1.54) is 0 Å². The number of carbonyl (C=O) groups is 1. The van der Waals surface area contributed by atoms with Gasteiger partial charge >= 0.3 is 0 Å². The predicted octanol–water partition coefficient (Wildman–Crippen LogP) is 4.06. The van der Waals surface area contributed by atoms with E-state index in [1.54, 1.807) is 36.4 Å². The third-order valence-electron chi connectivity index (χ3n) is 5.26. The van der Waals surface area contributed by atoms with Crippen LogP contribution in [-0.2, 0) is 4.74 Å². The zero-order chi connectivity index (χ0) is 19.0. The number of hydrazone groups is 1. The molecule has 0 N–H and O–H groups in total. The first-order valence-electron chi connectivity index (χ1n) is 9.22. The lowest BCUT2D eigenvalue weighted by atomic mass is 9.83. The minimum atomic E-state index is -0.254. The maximum Gasteiger partial charge on any atom is 0.274 e. The summed E-state index contributed by atoms with van der Waals surface area (Å²) in [7, 11) is 1.61. The van der Waals surface area contributed by atoms with Crippen molar-refractivity contribution >= 4 is 11.6 Å². The van der Waals surface area contributed by atoms with Gasteiger partial charge in [-0.3, -0.25) is 4.79 Å². The average molecular weight is 364 g/mol. The summed E-state index contributed by atoms with van der Waals surface area (Å²) in [6.07, 6.45) is 0.730. The molecule has 0 saturated carbocycles. The van der Waals surface area contributed by atoms with Gasteiger partial charge in [-0.1, -0.05) is 30.3 Å². The normalized spacial score (nSPS) is 23.5. The molecule has 0 unspecified atom stereocenters. The van der Waals surface area contributed by atoms with E-state index in [2.05, 4.69) is 26.0 Å². The average Bonchev–Trinajstić information content (AvgIpc) is 3.05. The number of methoxy groups -OCH3 is 1. The quantitative estimate of drug-likeness (QED) is 0.825. The summed E-state index contributed by atoms with van der Waals surface area (Å²) in [5.74, 6) is 0.705. The molecule has 1 amide bonds. The number of rotatable bonds is 3. The van der Waals surface area contributed by atoms with Crippen molar-refractivity contribution in [2.75, 3.05) is 13.7 Å². The van der Waals surface area contributed by atoms with Crippen molar-refractivity contribution in [2.24, 2.45) is 11.0 Å². The number of benzene rings is 2. The molecule has 0 radical (unpaired) electrons. The topological polar surface area (TPSA) is 51.1 Å². The van der Waals surface area contributed by atoms with Crippen LogP contribution < -0.4 is 4.74 Å².